The second-order valence-corrected chi connectivity index (χ2v) is 4.90. The predicted molar refractivity (Wildman–Crippen MR) is 65.7 cm³/mol. The van der Waals surface area contributed by atoms with Crippen molar-refractivity contribution in [3.63, 3.8) is 0 Å². The van der Waals surface area contributed by atoms with Gasteiger partial charge in [-0.1, -0.05) is 42.5 Å². The third-order valence-corrected chi connectivity index (χ3v) is 3.99. The van der Waals surface area contributed by atoms with E-state index >= 15 is 0 Å². The Morgan fingerprint density at radius 3 is 2.71 bits per heavy atom. The van der Waals surface area contributed by atoms with Crippen molar-refractivity contribution in [1.82, 2.24) is 0 Å². The van der Waals surface area contributed by atoms with Crippen LogP contribution in [0.2, 0.25) is 0 Å². The van der Waals surface area contributed by atoms with Gasteiger partial charge in [0.15, 0.2) is 0 Å². The lowest BCUT2D eigenvalue weighted by atomic mass is 9.70. The first kappa shape index (κ1) is 10.7. The molecule has 1 aromatic carbocycles. The third-order valence-electron chi connectivity index (χ3n) is 3.99. The lowest BCUT2D eigenvalue weighted by molar-refractivity contribution is -0.113. The highest BCUT2D eigenvalue weighted by Gasteiger charge is 2.40. The van der Waals surface area contributed by atoms with E-state index < -0.39 is 0 Å². The molecule has 0 bridgehead atoms. The summed E-state index contributed by atoms with van der Waals surface area (Å²) < 4.78 is 5.50. The van der Waals surface area contributed by atoms with Crippen LogP contribution in [0.1, 0.15) is 11.5 Å². The number of ether oxygens (including phenoxy) is 1. The van der Waals surface area contributed by atoms with Crippen molar-refractivity contribution in [2.24, 2.45) is 17.8 Å². The second kappa shape index (κ2) is 4.46. The number of benzene rings is 1. The molecule has 4 atom stereocenters. The summed E-state index contributed by atoms with van der Waals surface area (Å²) in [5, 5.41) is 0. The highest BCUT2D eigenvalue weighted by molar-refractivity contribution is 5.58. The van der Waals surface area contributed by atoms with E-state index in [1.54, 1.807) is 0 Å². The quantitative estimate of drug-likeness (QED) is 0.574. The number of rotatable bonds is 2. The molecule has 1 aromatic rings. The molecule has 2 heteroatoms. The van der Waals surface area contributed by atoms with Crippen molar-refractivity contribution in [3.8, 4) is 0 Å². The Hall–Kier alpha value is -1.41. The molecule has 0 spiro atoms. The van der Waals surface area contributed by atoms with Crippen molar-refractivity contribution in [2.75, 3.05) is 13.2 Å². The maximum atomic E-state index is 11.4. The lowest BCUT2D eigenvalue weighted by Gasteiger charge is -2.31. The number of carbonyl (C=O) groups excluding carboxylic acids is 1. The fourth-order valence-corrected chi connectivity index (χ4v) is 3.03. The minimum Gasteiger partial charge on any atom is -0.380 e. The fourth-order valence-electron chi connectivity index (χ4n) is 3.03. The zero-order chi connectivity index (χ0) is 11.7. The highest BCUT2D eigenvalue weighted by Crippen LogP contribution is 2.41. The first-order valence-corrected chi connectivity index (χ1v) is 6.16. The van der Waals surface area contributed by atoms with E-state index in [0.717, 1.165) is 19.5 Å². The van der Waals surface area contributed by atoms with Crippen LogP contribution >= 0.6 is 0 Å². The Morgan fingerprint density at radius 2 is 1.94 bits per heavy atom. The van der Waals surface area contributed by atoms with Crippen LogP contribution in [0, 0.1) is 17.8 Å². The molecule has 2 aliphatic rings. The number of carbonyl (C=O) groups is 1. The molecular weight excluding hydrogens is 212 g/mol. The van der Waals surface area contributed by atoms with E-state index in [1.165, 1.54) is 5.56 Å². The van der Waals surface area contributed by atoms with Gasteiger partial charge in [0.05, 0.1) is 13.2 Å². The molecule has 17 heavy (non-hydrogen) atoms. The minimum atomic E-state index is 0.0647. The van der Waals surface area contributed by atoms with E-state index in [-0.39, 0.29) is 11.8 Å². The lowest BCUT2D eigenvalue weighted by Crippen LogP contribution is -2.30. The molecule has 0 amide bonds. The average molecular weight is 228 g/mol. The summed E-state index contributed by atoms with van der Waals surface area (Å²) in [6.07, 6.45) is 5.53. The summed E-state index contributed by atoms with van der Waals surface area (Å²) in [5.74, 6) is 1.08. The number of aldehydes is 1. The highest BCUT2D eigenvalue weighted by atomic mass is 16.5. The van der Waals surface area contributed by atoms with Crippen molar-refractivity contribution in [2.45, 2.75) is 5.92 Å². The molecule has 3 rings (SSSR count). The van der Waals surface area contributed by atoms with Gasteiger partial charge in [0, 0.05) is 23.7 Å². The first-order chi connectivity index (χ1) is 8.40. The summed E-state index contributed by atoms with van der Waals surface area (Å²) in [6, 6.07) is 10.3. The molecule has 0 saturated carbocycles. The van der Waals surface area contributed by atoms with E-state index in [1.807, 2.05) is 18.2 Å². The van der Waals surface area contributed by atoms with E-state index in [0.29, 0.717) is 11.8 Å². The average Bonchev–Trinajstić information content (AvgIpc) is 2.86. The van der Waals surface area contributed by atoms with E-state index in [9.17, 15) is 4.79 Å². The molecule has 0 N–H and O–H groups in total. The molecule has 0 aromatic heterocycles. The molecule has 1 fully saturated rings. The second-order valence-electron chi connectivity index (χ2n) is 4.90. The normalized spacial score (nSPS) is 35.5. The molecule has 0 radical (unpaired) electrons. The summed E-state index contributed by atoms with van der Waals surface area (Å²) in [6.45, 7) is 1.49. The largest absolute Gasteiger partial charge is 0.380 e. The summed E-state index contributed by atoms with van der Waals surface area (Å²) in [5.41, 5.74) is 1.23. The van der Waals surface area contributed by atoms with Gasteiger partial charge in [0.1, 0.15) is 6.29 Å². The van der Waals surface area contributed by atoms with E-state index in [4.69, 9.17) is 4.74 Å². The van der Waals surface area contributed by atoms with Crippen LogP contribution in [-0.4, -0.2) is 19.5 Å². The molecule has 0 unspecified atom stereocenters. The smallest absolute Gasteiger partial charge is 0.124 e. The molecule has 88 valence electrons. The molecular formula is C15H16O2. The Bertz CT molecular complexity index is 424. The van der Waals surface area contributed by atoms with Crippen LogP contribution < -0.4 is 0 Å². The van der Waals surface area contributed by atoms with Gasteiger partial charge >= 0.3 is 0 Å². The summed E-state index contributed by atoms with van der Waals surface area (Å²) in [4.78, 5) is 11.4. The Balaban J connectivity index is 1.94. The summed E-state index contributed by atoms with van der Waals surface area (Å²) in [7, 11) is 0. The molecule has 1 aliphatic heterocycles. The maximum absolute atomic E-state index is 11.4. The maximum Gasteiger partial charge on any atom is 0.124 e. The number of fused-ring (bicyclic) bond motifs is 1. The Labute approximate surface area is 101 Å². The number of hydrogen-bond acceptors (Lipinski definition) is 2. The number of allylic oxidation sites excluding steroid dienone is 1. The monoisotopic (exact) mass is 228 g/mol. The van der Waals surface area contributed by atoms with Gasteiger partial charge in [0.25, 0.3) is 0 Å². The Morgan fingerprint density at radius 1 is 1.12 bits per heavy atom. The van der Waals surface area contributed by atoms with E-state index in [2.05, 4.69) is 24.3 Å². The predicted octanol–water partition coefficient (Wildman–Crippen LogP) is 2.42. The molecule has 1 heterocycles. The molecule has 1 saturated heterocycles. The van der Waals surface area contributed by atoms with Gasteiger partial charge in [-0.05, 0) is 5.56 Å². The topological polar surface area (TPSA) is 26.3 Å². The van der Waals surface area contributed by atoms with Gasteiger partial charge in [-0.2, -0.15) is 0 Å². The van der Waals surface area contributed by atoms with Crippen LogP contribution in [0.15, 0.2) is 42.5 Å². The third kappa shape index (κ3) is 1.83. The van der Waals surface area contributed by atoms with Gasteiger partial charge in [-0.3, -0.25) is 0 Å². The van der Waals surface area contributed by atoms with Crippen LogP contribution in [0.5, 0.6) is 0 Å². The summed E-state index contributed by atoms with van der Waals surface area (Å²) >= 11 is 0. The minimum absolute atomic E-state index is 0.0647. The van der Waals surface area contributed by atoms with Crippen molar-refractivity contribution < 1.29 is 9.53 Å². The molecule has 1 aliphatic carbocycles. The van der Waals surface area contributed by atoms with Gasteiger partial charge in [-0.25, -0.2) is 0 Å². The standard InChI is InChI=1S/C15H16O2/c16-8-14-13(11-4-2-1-3-5-11)7-6-12-9-17-10-15(12)14/h1-8,12-15H,9-10H2/t12-,13+,14-,15-/m0/s1. The fraction of sp³-hybridized carbons (Fsp3) is 0.400. The number of hydrogen-bond donors (Lipinski definition) is 0. The van der Waals surface area contributed by atoms with Gasteiger partial charge in [0.2, 0.25) is 0 Å². The van der Waals surface area contributed by atoms with Gasteiger partial charge in [-0.15, -0.1) is 0 Å². The van der Waals surface area contributed by atoms with Crippen molar-refractivity contribution in [1.29, 1.82) is 0 Å². The molecule has 2 nitrogen and oxygen atoms in total. The Kier molecular flexibility index (Phi) is 2.81. The van der Waals surface area contributed by atoms with Gasteiger partial charge < -0.3 is 9.53 Å². The van der Waals surface area contributed by atoms with Crippen molar-refractivity contribution in [3.05, 3.63) is 48.0 Å². The van der Waals surface area contributed by atoms with Crippen LogP contribution in [0.4, 0.5) is 0 Å². The zero-order valence-electron chi connectivity index (χ0n) is 9.66. The first-order valence-electron chi connectivity index (χ1n) is 6.16. The van der Waals surface area contributed by atoms with Crippen LogP contribution in [0.25, 0.3) is 0 Å². The van der Waals surface area contributed by atoms with Crippen LogP contribution in [-0.2, 0) is 9.53 Å². The zero-order valence-corrected chi connectivity index (χ0v) is 9.66. The van der Waals surface area contributed by atoms with Crippen LogP contribution in [0.3, 0.4) is 0 Å². The van der Waals surface area contributed by atoms with Crippen molar-refractivity contribution >= 4 is 6.29 Å². The SMILES string of the molecule is O=C[C@@H]1[C@H]2COC[C@@H]2C=C[C@@H]1c1ccccc1.